The molecule has 3 rings (SSSR count). The van der Waals surface area contributed by atoms with Crippen LogP contribution in [-0.4, -0.2) is 21.1 Å². The third-order valence-corrected chi connectivity index (χ3v) is 5.80. The van der Waals surface area contributed by atoms with E-state index in [1.165, 1.54) is 0 Å². The van der Waals surface area contributed by atoms with Crippen LogP contribution >= 0.6 is 58.8 Å². The monoisotopic (exact) mass is 456 g/mol. The highest BCUT2D eigenvalue weighted by atomic mass is 35.5. The maximum atomic E-state index is 12.6. The first-order valence-electron chi connectivity index (χ1n) is 7.56. The summed E-state index contributed by atoms with van der Waals surface area (Å²) in [7, 11) is 0. The molecule has 1 aliphatic heterocycles. The second-order valence-corrected chi connectivity index (χ2v) is 8.53. The van der Waals surface area contributed by atoms with Crippen LogP contribution in [0.25, 0.3) is 6.08 Å². The molecule has 2 amide bonds. The number of nitrogens with one attached hydrogen (secondary N) is 1. The van der Waals surface area contributed by atoms with Crippen molar-refractivity contribution in [3.8, 4) is 0 Å². The van der Waals surface area contributed by atoms with Gasteiger partial charge in [-0.05, 0) is 60.6 Å². The molecule has 9 heteroatoms. The number of hydrogen-bond acceptors (Lipinski definition) is 4. The average molecular weight is 458 g/mol. The Labute approximate surface area is 180 Å². The Kier molecular flexibility index (Phi) is 6.13. The van der Waals surface area contributed by atoms with Crippen LogP contribution in [0.3, 0.4) is 0 Å². The van der Waals surface area contributed by atoms with Gasteiger partial charge in [-0.2, -0.15) is 5.01 Å². The Morgan fingerprint density at radius 3 is 2.56 bits per heavy atom. The number of carbonyl (C=O) groups excluding carboxylic acids is 2. The maximum Gasteiger partial charge on any atom is 0.285 e. The second kappa shape index (κ2) is 8.20. The molecule has 0 atom stereocenters. The largest absolute Gasteiger partial charge is 0.285 e. The van der Waals surface area contributed by atoms with E-state index >= 15 is 0 Å². The van der Waals surface area contributed by atoms with E-state index < -0.39 is 11.8 Å². The molecule has 27 heavy (non-hydrogen) atoms. The van der Waals surface area contributed by atoms with Gasteiger partial charge in [-0.1, -0.05) is 58.7 Å². The van der Waals surface area contributed by atoms with Crippen LogP contribution in [0.1, 0.15) is 21.5 Å². The predicted octanol–water partition coefficient (Wildman–Crippen LogP) is 5.50. The van der Waals surface area contributed by atoms with E-state index in [2.05, 4.69) is 5.43 Å². The minimum atomic E-state index is -0.526. The van der Waals surface area contributed by atoms with Crippen molar-refractivity contribution in [1.82, 2.24) is 10.4 Å². The first-order chi connectivity index (χ1) is 12.8. The molecular formula is C18H11Cl3N2O2S2. The van der Waals surface area contributed by atoms with Gasteiger partial charge in [0.15, 0.2) is 4.32 Å². The van der Waals surface area contributed by atoms with E-state index in [1.807, 2.05) is 6.92 Å². The average Bonchev–Trinajstić information content (AvgIpc) is 2.84. The normalized spacial score (nSPS) is 15.6. The number of amides is 2. The lowest BCUT2D eigenvalue weighted by atomic mass is 10.1. The molecule has 0 aromatic heterocycles. The van der Waals surface area contributed by atoms with Crippen molar-refractivity contribution >= 4 is 81.0 Å². The molecular weight excluding hydrogens is 447 g/mol. The molecule has 0 spiro atoms. The van der Waals surface area contributed by atoms with Crippen LogP contribution in [0.4, 0.5) is 0 Å². The van der Waals surface area contributed by atoms with Gasteiger partial charge in [-0.3, -0.25) is 15.0 Å². The zero-order chi connectivity index (χ0) is 19.7. The Bertz CT molecular complexity index is 1010. The zero-order valence-corrected chi connectivity index (χ0v) is 17.7. The number of carbonyl (C=O) groups is 2. The first-order valence-corrected chi connectivity index (χ1v) is 9.92. The third kappa shape index (κ3) is 4.47. The molecule has 0 bridgehead atoms. The number of benzene rings is 2. The predicted molar refractivity (Wildman–Crippen MR) is 115 cm³/mol. The summed E-state index contributed by atoms with van der Waals surface area (Å²) in [5, 5.41) is 2.21. The Balaban J connectivity index is 1.82. The van der Waals surface area contributed by atoms with Gasteiger partial charge in [0.2, 0.25) is 0 Å². The smallest absolute Gasteiger partial charge is 0.267 e. The van der Waals surface area contributed by atoms with E-state index in [0.29, 0.717) is 25.5 Å². The second-order valence-electron chi connectivity index (χ2n) is 5.61. The van der Waals surface area contributed by atoms with Crippen LogP contribution in [0.15, 0.2) is 41.3 Å². The lowest BCUT2D eigenvalue weighted by Crippen LogP contribution is -2.44. The molecule has 1 N–H and O–H groups in total. The van der Waals surface area contributed by atoms with Crippen molar-refractivity contribution in [2.24, 2.45) is 0 Å². The Morgan fingerprint density at radius 1 is 1.15 bits per heavy atom. The summed E-state index contributed by atoms with van der Waals surface area (Å²) in [4.78, 5) is 25.4. The van der Waals surface area contributed by atoms with Crippen molar-refractivity contribution in [2.45, 2.75) is 6.92 Å². The third-order valence-electron chi connectivity index (χ3n) is 3.63. The minimum Gasteiger partial charge on any atom is -0.267 e. The summed E-state index contributed by atoms with van der Waals surface area (Å²) in [5.41, 5.74) is 4.29. The van der Waals surface area contributed by atoms with Gasteiger partial charge in [-0.25, -0.2) is 0 Å². The number of hydrogen-bond donors (Lipinski definition) is 1. The quantitative estimate of drug-likeness (QED) is 0.488. The zero-order valence-electron chi connectivity index (χ0n) is 13.8. The standard InChI is InChI=1S/C18H11Cl3N2O2S2/c1-9-2-5-12(14(21)6-9)16(24)22-23-17(25)15(27-18(23)26)7-10-3-4-11(19)8-13(10)20/h2-8H,1H3,(H,22,24)/b15-7+. The van der Waals surface area contributed by atoms with Crippen LogP contribution in [0.5, 0.6) is 0 Å². The number of hydrazine groups is 1. The van der Waals surface area contributed by atoms with Gasteiger partial charge in [0.1, 0.15) is 0 Å². The van der Waals surface area contributed by atoms with E-state index in [0.717, 1.165) is 22.3 Å². The lowest BCUT2D eigenvalue weighted by molar-refractivity contribution is -0.123. The van der Waals surface area contributed by atoms with Gasteiger partial charge < -0.3 is 0 Å². The summed E-state index contributed by atoms with van der Waals surface area (Å²) in [6.45, 7) is 1.86. The van der Waals surface area contributed by atoms with Crippen molar-refractivity contribution < 1.29 is 9.59 Å². The molecule has 4 nitrogen and oxygen atoms in total. The molecule has 0 unspecified atom stereocenters. The fraction of sp³-hybridized carbons (Fsp3) is 0.0556. The van der Waals surface area contributed by atoms with Crippen LogP contribution in [-0.2, 0) is 4.79 Å². The van der Waals surface area contributed by atoms with Gasteiger partial charge in [-0.15, -0.1) is 0 Å². The number of rotatable bonds is 3. The fourth-order valence-corrected chi connectivity index (χ4v) is 4.24. The summed E-state index contributed by atoms with van der Waals surface area (Å²) >= 11 is 24.4. The minimum absolute atomic E-state index is 0.202. The highest BCUT2D eigenvalue weighted by molar-refractivity contribution is 8.26. The molecule has 1 fully saturated rings. The summed E-state index contributed by atoms with van der Waals surface area (Å²) in [5.74, 6) is -0.977. The summed E-state index contributed by atoms with van der Waals surface area (Å²) in [6, 6.07) is 9.96. The van der Waals surface area contributed by atoms with Gasteiger partial charge in [0, 0.05) is 10.0 Å². The van der Waals surface area contributed by atoms with Crippen LogP contribution in [0.2, 0.25) is 15.1 Å². The van der Waals surface area contributed by atoms with Crippen molar-refractivity contribution in [3.63, 3.8) is 0 Å². The number of nitrogens with zero attached hydrogens (tertiary/aromatic N) is 1. The highest BCUT2D eigenvalue weighted by Crippen LogP contribution is 2.33. The molecule has 1 saturated heterocycles. The molecule has 0 radical (unpaired) electrons. The lowest BCUT2D eigenvalue weighted by Gasteiger charge is -2.16. The van der Waals surface area contributed by atoms with E-state index in [-0.39, 0.29) is 9.88 Å². The van der Waals surface area contributed by atoms with E-state index in [4.69, 9.17) is 47.0 Å². The number of aryl methyl sites for hydroxylation is 1. The molecule has 0 saturated carbocycles. The number of thiocarbonyl (C=S) groups is 1. The Morgan fingerprint density at radius 2 is 1.89 bits per heavy atom. The summed E-state index contributed by atoms with van der Waals surface area (Å²) in [6.07, 6.45) is 1.60. The Hall–Kier alpha value is -1.57. The number of thioether (sulfide) groups is 1. The fourth-order valence-electron chi connectivity index (χ4n) is 2.29. The van der Waals surface area contributed by atoms with Crippen LogP contribution in [0, 0.1) is 6.92 Å². The molecule has 2 aromatic carbocycles. The van der Waals surface area contributed by atoms with Gasteiger partial charge in [0.25, 0.3) is 11.8 Å². The van der Waals surface area contributed by atoms with E-state index in [9.17, 15) is 9.59 Å². The van der Waals surface area contributed by atoms with Gasteiger partial charge in [0.05, 0.1) is 15.5 Å². The topological polar surface area (TPSA) is 49.4 Å². The molecule has 0 aliphatic carbocycles. The highest BCUT2D eigenvalue weighted by Gasteiger charge is 2.34. The van der Waals surface area contributed by atoms with Crippen molar-refractivity contribution in [1.29, 1.82) is 0 Å². The molecule has 1 heterocycles. The molecule has 1 aliphatic rings. The van der Waals surface area contributed by atoms with Crippen molar-refractivity contribution in [3.05, 3.63) is 73.1 Å². The van der Waals surface area contributed by atoms with E-state index in [1.54, 1.807) is 42.5 Å². The number of halogens is 3. The summed E-state index contributed by atoms with van der Waals surface area (Å²) < 4.78 is 0.202. The maximum absolute atomic E-state index is 12.6. The first kappa shape index (κ1) is 20.2. The SMILES string of the molecule is Cc1ccc(C(=O)NN2C(=O)/C(=C\c3ccc(Cl)cc3Cl)SC2=S)c(Cl)c1. The van der Waals surface area contributed by atoms with Gasteiger partial charge >= 0.3 is 0 Å². The molecule has 2 aromatic rings. The molecule has 138 valence electrons. The van der Waals surface area contributed by atoms with Crippen molar-refractivity contribution in [2.75, 3.05) is 0 Å². The van der Waals surface area contributed by atoms with Crippen LogP contribution < -0.4 is 5.43 Å².